The lowest BCUT2D eigenvalue weighted by atomic mass is 10.2. The highest BCUT2D eigenvalue weighted by atomic mass is 19.3. The molecule has 1 aromatic carbocycles. The van der Waals surface area contributed by atoms with E-state index < -0.39 is 12.3 Å². The second-order valence-corrected chi connectivity index (χ2v) is 2.83. The van der Waals surface area contributed by atoms with Crippen LogP contribution < -0.4 is 4.90 Å². The molecule has 0 N–H and O–H groups in total. The number of carbonyl (C=O) groups excluding carboxylic acids is 1. The fourth-order valence-electron chi connectivity index (χ4n) is 1.13. The van der Waals surface area contributed by atoms with Crippen LogP contribution in [0.15, 0.2) is 24.3 Å². The normalized spacial score (nSPS) is 9.80. The first-order valence-corrected chi connectivity index (χ1v) is 4.12. The summed E-state index contributed by atoms with van der Waals surface area (Å²) in [6.07, 6.45) is -3.07. The predicted molar refractivity (Wildman–Crippen MR) is 50.6 cm³/mol. The first kappa shape index (κ1) is 11.1. The second-order valence-electron chi connectivity index (χ2n) is 2.83. The van der Waals surface area contributed by atoms with E-state index in [1.54, 1.807) is 12.1 Å². The molecule has 1 amide bonds. The Balaban J connectivity index is 3.07. The molecule has 0 heterocycles. The van der Waals surface area contributed by atoms with Crippen molar-refractivity contribution in [3.63, 3.8) is 0 Å². The van der Waals surface area contributed by atoms with Gasteiger partial charge in [-0.1, -0.05) is 12.1 Å². The van der Waals surface area contributed by atoms with Crippen LogP contribution in [0.5, 0.6) is 0 Å². The number of nitrogens with zero attached hydrogens (tertiary/aromatic N) is 2. The molecule has 0 aliphatic carbocycles. The number of benzene rings is 1. The maximum absolute atomic E-state index is 12.1. The molecular weight excluding hydrogens is 202 g/mol. The minimum absolute atomic E-state index is 0.185. The van der Waals surface area contributed by atoms with Gasteiger partial charge in [-0.2, -0.15) is 14.0 Å². The Morgan fingerprint density at radius 1 is 1.47 bits per heavy atom. The van der Waals surface area contributed by atoms with Crippen molar-refractivity contribution < 1.29 is 13.6 Å². The van der Waals surface area contributed by atoms with E-state index in [9.17, 15) is 13.6 Å². The Morgan fingerprint density at radius 3 is 2.60 bits per heavy atom. The van der Waals surface area contributed by atoms with Crippen LogP contribution in [0.1, 0.15) is 5.56 Å². The molecular formula is C10H8F2N2O. The van der Waals surface area contributed by atoms with Gasteiger partial charge in [0.05, 0.1) is 11.3 Å². The zero-order valence-corrected chi connectivity index (χ0v) is 7.95. The highest BCUT2D eigenvalue weighted by Crippen LogP contribution is 2.19. The summed E-state index contributed by atoms with van der Waals surface area (Å²) in [7, 11) is 1.21. The van der Waals surface area contributed by atoms with Gasteiger partial charge in [0.25, 0.3) is 5.91 Å². The zero-order chi connectivity index (χ0) is 11.4. The summed E-state index contributed by atoms with van der Waals surface area (Å²) >= 11 is 0. The Labute approximate surface area is 85.5 Å². The van der Waals surface area contributed by atoms with Crippen LogP contribution in [0, 0.1) is 11.3 Å². The molecule has 15 heavy (non-hydrogen) atoms. The van der Waals surface area contributed by atoms with Crippen molar-refractivity contribution in [1.29, 1.82) is 5.26 Å². The number of carbonyl (C=O) groups is 1. The maximum Gasteiger partial charge on any atom is 0.316 e. The van der Waals surface area contributed by atoms with Crippen LogP contribution in [0.2, 0.25) is 0 Å². The third kappa shape index (κ3) is 2.29. The minimum atomic E-state index is -3.07. The van der Waals surface area contributed by atoms with Crippen LogP contribution in [0.3, 0.4) is 0 Å². The molecule has 0 radical (unpaired) electrons. The number of rotatable bonds is 2. The second kappa shape index (κ2) is 4.51. The molecule has 0 spiro atoms. The van der Waals surface area contributed by atoms with Crippen LogP contribution in [-0.2, 0) is 4.79 Å². The average Bonchev–Trinajstić information content (AvgIpc) is 2.26. The number of amides is 1. The van der Waals surface area contributed by atoms with Crippen LogP contribution in [-0.4, -0.2) is 19.4 Å². The van der Waals surface area contributed by atoms with Crippen molar-refractivity contribution in [3.05, 3.63) is 29.8 Å². The fraction of sp³-hybridized carbons (Fsp3) is 0.200. The van der Waals surface area contributed by atoms with E-state index in [0.717, 1.165) is 4.90 Å². The van der Waals surface area contributed by atoms with E-state index >= 15 is 0 Å². The van der Waals surface area contributed by atoms with Gasteiger partial charge in [0.15, 0.2) is 0 Å². The molecule has 0 atom stereocenters. The molecule has 0 unspecified atom stereocenters. The lowest BCUT2D eigenvalue weighted by molar-refractivity contribution is -0.128. The number of anilines is 1. The molecule has 0 aliphatic heterocycles. The highest BCUT2D eigenvalue weighted by Gasteiger charge is 2.22. The monoisotopic (exact) mass is 210 g/mol. The largest absolute Gasteiger partial charge is 0.316 e. The number of alkyl halides is 2. The first-order valence-electron chi connectivity index (χ1n) is 4.12. The van der Waals surface area contributed by atoms with Gasteiger partial charge in [-0.25, -0.2) is 0 Å². The summed E-state index contributed by atoms with van der Waals surface area (Å²) in [4.78, 5) is 11.8. The van der Waals surface area contributed by atoms with E-state index in [-0.39, 0.29) is 11.3 Å². The van der Waals surface area contributed by atoms with Crippen molar-refractivity contribution in [2.24, 2.45) is 0 Å². The summed E-state index contributed by atoms with van der Waals surface area (Å²) < 4.78 is 24.3. The third-order valence-corrected chi connectivity index (χ3v) is 1.90. The number of halogens is 2. The smallest absolute Gasteiger partial charge is 0.309 e. The predicted octanol–water partition coefficient (Wildman–Crippen LogP) is 1.79. The number of hydrogen-bond acceptors (Lipinski definition) is 2. The lowest BCUT2D eigenvalue weighted by Gasteiger charge is -2.17. The van der Waals surface area contributed by atoms with Crippen LogP contribution >= 0.6 is 0 Å². The molecule has 0 saturated heterocycles. The molecule has 3 nitrogen and oxygen atoms in total. The summed E-state index contributed by atoms with van der Waals surface area (Å²) in [5.74, 6) is -1.32. The van der Waals surface area contributed by atoms with E-state index in [1.165, 1.54) is 19.2 Å². The molecule has 78 valence electrons. The molecule has 0 aliphatic rings. The van der Waals surface area contributed by atoms with Gasteiger partial charge in [-0.3, -0.25) is 4.79 Å². The standard InChI is InChI=1S/C10H8F2N2O/c1-14(10(15)9(11)12)8-5-3-2-4-7(8)6-13/h2-5,9H,1H3. The Morgan fingerprint density at radius 2 is 2.07 bits per heavy atom. The zero-order valence-electron chi connectivity index (χ0n) is 7.95. The lowest BCUT2D eigenvalue weighted by Crippen LogP contribution is -2.32. The summed E-state index contributed by atoms with van der Waals surface area (Å²) in [5, 5.41) is 8.71. The van der Waals surface area contributed by atoms with Crippen molar-refractivity contribution in [2.45, 2.75) is 6.43 Å². The van der Waals surface area contributed by atoms with E-state index in [0.29, 0.717) is 0 Å². The average molecular weight is 210 g/mol. The van der Waals surface area contributed by atoms with Gasteiger partial charge < -0.3 is 4.90 Å². The van der Waals surface area contributed by atoms with Gasteiger partial charge in [0, 0.05) is 7.05 Å². The molecule has 1 rings (SSSR count). The Bertz CT molecular complexity index is 412. The van der Waals surface area contributed by atoms with Crippen molar-refractivity contribution in [3.8, 4) is 6.07 Å². The molecule has 0 aromatic heterocycles. The highest BCUT2D eigenvalue weighted by molar-refractivity contribution is 5.96. The first-order chi connectivity index (χ1) is 7.07. The van der Waals surface area contributed by atoms with Gasteiger partial charge in [0.2, 0.25) is 0 Å². The van der Waals surface area contributed by atoms with Gasteiger partial charge >= 0.3 is 6.43 Å². The van der Waals surface area contributed by atoms with Crippen molar-refractivity contribution in [2.75, 3.05) is 11.9 Å². The Hall–Kier alpha value is -1.96. The molecule has 5 heteroatoms. The number of nitriles is 1. The Kier molecular flexibility index (Phi) is 3.34. The molecule has 0 fully saturated rings. The maximum atomic E-state index is 12.1. The molecule has 1 aromatic rings. The number of para-hydroxylation sites is 1. The fourth-order valence-corrected chi connectivity index (χ4v) is 1.13. The quantitative estimate of drug-likeness (QED) is 0.746. The van der Waals surface area contributed by atoms with Crippen LogP contribution in [0.4, 0.5) is 14.5 Å². The van der Waals surface area contributed by atoms with Crippen molar-refractivity contribution in [1.82, 2.24) is 0 Å². The minimum Gasteiger partial charge on any atom is -0.309 e. The van der Waals surface area contributed by atoms with E-state index in [2.05, 4.69) is 0 Å². The topological polar surface area (TPSA) is 44.1 Å². The molecule has 0 saturated carbocycles. The van der Waals surface area contributed by atoms with Crippen molar-refractivity contribution >= 4 is 11.6 Å². The molecule has 0 bridgehead atoms. The number of hydrogen-bond donors (Lipinski definition) is 0. The van der Waals surface area contributed by atoms with Gasteiger partial charge in [-0.15, -0.1) is 0 Å². The third-order valence-electron chi connectivity index (χ3n) is 1.90. The van der Waals surface area contributed by atoms with Crippen LogP contribution in [0.25, 0.3) is 0 Å². The SMILES string of the molecule is CN(C(=O)C(F)F)c1ccccc1C#N. The van der Waals surface area contributed by atoms with Gasteiger partial charge in [-0.05, 0) is 12.1 Å². The van der Waals surface area contributed by atoms with E-state index in [4.69, 9.17) is 5.26 Å². The summed E-state index contributed by atoms with van der Waals surface area (Å²) in [5.41, 5.74) is 0.374. The summed E-state index contributed by atoms with van der Waals surface area (Å²) in [6, 6.07) is 7.91. The summed E-state index contributed by atoms with van der Waals surface area (Å²) in [6.45, 7) is 0. The van der Waals surface area contributed by atoms with Gasteiger partial charge in [0.1, 0.15) is 6.07 Å². The van der Waals surface area contributed by atoms with E-state index in [1.807, 2.05) is 6.07 Å².